The van der Waals surface area contributed by atoms with E-state index in [9.17, 15) is 27.6 Å². The number of alkyl carbamates (subject to hydrolysis) is 1. The maximum absolute atomic E-state index is 13.7. The number of carbonyl (C=O) groups excluding carboxylic acids is 4. The molecule has 4 N–H and O–H groups in total. The minimum Gasteiger partial charge on any atom is -0.444 e. The van der Waals surface area contributed by atoms with Crippen LogP contribution in [0.2, 0.25) is 0 Å². The normalized spacial score (nSPS) is 26.3. The Morgan fingerprint density at radius 3 is 2.48 bits per heavy atom. The van der Waals surface area contributed by atoms with Crippen LogP contribution in [0.25, 0.3) is 0 Å². The van der Waals surface area contributed by atoms with Gasteiger partial charge in [-0.2, -0.15) is 8.42 Å². The van der Waals surface area contributed by atoms with Gasteiger partial charge < -0.3 is 20.3 Å². The molecule has 4 rings (SSSR count). The summed E-state index contributed by atoms with van der Waals surface area (Å²) in [6.07, 6.45) is 8.49. The van der Waals surface area contributed by atoms with Gasteiger partial charge in [-0.1, -0.05) is 44.1 Å². The van der Waals surface area contributed by atoms with Crippen LogP contribution >= 0.6 is 0 Å². The summed E-state index contributed by atoms with van der Waals surface area (Å²) in [6, 6.07) is 5.09. The Morgan fingerprint density at radius 2 is 1.80 bits per heavy atom. The van der Waals surface area contributed by atoms with Crippen LogP contribution in [0.4, 0.5) is 10.5 Å². The van der Waals surface area contributed by atoms with Gasteiger partial charge in [0.15, 0.2) is 0 Å². The van der Waals surface area contributed by atoms with E-state index in [1.54, 1.807) is 45.0 Å². The van der Waals surface area contributed by atoms with Gasteiger partial charge in [0.25, 0.3) is 5.91 Å². The molecule has 1 aromatic carbocycles. The zero-order valence-electron chi connectivity index (χ0n) is 26.0. The van der Waals surface area contributed by atoms with E-state index < -0.39 is 57.3 Å². The summed E-state index contributed by atoms with van der Waals surface area (Å²) < 4.78 is 35.7. The third-order valence-electron chi connectivity index (χ3n) is 8.17. The molecular formula is C31H45N5O7S. The number of carbonyl (C=O) groups is 4. The average Bonchev–Trinajstić information content (AvgIpc) is 3.40. The molecule has 0 radical (unpaired) electrons. The predicted molar refractivity (Wildman–Crippen MR) is 166 cm³/mol. The van der Waals surface area contributed by atoms with Gasteiger partial charge in [-0.15, -0.1) is 0 Å². The number of nitrogens with one attached hydrogen (secondary N) is 4. The molecule has 3 aliphatic rings. The van der Waals surface area contributed by atoms with Crippen molar-refractivity contribution in [2.45, 2.75) is 109 Å². The standard InChI is InChI=1S/C31H45N5O7S/c1-5-21-15-17-23(18-16-21)34-44(41,42)35-28(39)31-20-22(31)12-9-7-6-8-10-13-24(32-29(40)43-30(2,3)4)27(38)36-19-11-14-25(36)26(37)33-31/h9,12,15-18,22,24-25,34H,5-8,10-11,13-14,19-20H2,1-4H3,(H,32,40)(H,33,37)(H,35,39)/t22-,24+,25?,31-/m1/s1. The van der Waals surface area contributed by atoms with Crippen LogP contribution in [0.5, 0.6) is 0 Å². The second kappa shape index (κ2) is 13.6. The number of amides is 4. The van der Waals surface area contributed by atoms with Crippen LogP contribution in [0.3, 0.4) is 0 Å². The highest BCUT2D eigenvalue weighted by Gasteiger charge is 2.61. The van der Waals surface area contributed by atoms with E-state index in [2.05, 4.69) is 20.1 Å². The molecule has 13 heteroatoms. The van der Waals surface area contributed by atoms with E-state index in [1.807, 2.05) is 19.1 Å². The Labute approximate surface area is 259 Å². The zero-order chi connectivity index (χ0) is 32.1. The lowest BCUT2D eigenvalue weighted by Crippen LogP contribution is -2.58. The van der Waals surface area contributed by atoms with Gasteiger partial charge in [0.05, 0.1) is 5.69 Å². The maximum atomic E-state index is 13.7. The number of hydrogen-bond acceptors (Lipinski definition) is 7. The van der Waals surface area contributed by atoms with Gasteiger partial charge in [0.2, 0.25) is 11.8 Å². The van der Waals surface area contributed by atoms with Crippen molar-refractivity contribution in [3.8, 4) is 0 Å². The number of benzene rings is 1. The first-order chi connectivity index (χ1) is 20.7. The highest BCUT2D eigenvalue weighted by Crippen LogP contribution is 2.45. The number of rotatable bonds is 6. The molecule has 2 aliphatic heterocycles. The minimum absolute atomic E-state index is 0.227. The molecule has 12 nitrogen and oxygen atoms in total. The Bertz CT molecular complexity index is 1370. The number of hydrogen-bond donors (Lipinski definition) is 4. The molecule has 2 fully saturated rings. The summed E-state index contributed by atoms with van der Waals surface area (Å²) in [7, 11) is -4.30. The third kappa shape index (κ3) is 8.52. The fraction of sp³-hybridized carbons (Fsp3) is 0.613. The van der Waals surface area contributed by atoms with Crippen molar-refractivity contribution in [2.24, 2.45) is 5.92 Å². The SMILES string of the molecule is CCc1ccc(NS(=O)(=O)NC(=O)[C@@]23C[C@H]2C=CCCCCC[C@H](NC(=O)OC(C)(C)C)C(=O)N2CCCC2C(=O)N3)cc1. The summed E-state index contributed by atoms with van der Waals surface area (Å²) in [6.45, 7) is 7.52. The van der Waals surface area contributed by atoms with Crippen molar-refractivity contribution in [1.29, 1.82) is 0 Å². The maximum Gasteiger partial charge on any atom is 0.408 e. The monoisotopic (exact) mass is 631 g/mol. The topological polar surface area (TPSA) is 163 Å². The molecule has 2 heterocycles. The predicted octanol–water partition coefficient (Wildman–Crippen LogP) is 3.30. The molecule has 4 amide bonds. The first kappa shape index (κ1) is 33.3. The average molecular weight is 632 g/mol. The fourth-order valence-electron chi connectivity index (χ4n) is 5.75. The molecular weight excluding hydrogens is 586 g/mol. The highest BCUT2D eigenvalue weighted by atomic mass is 32.2. The van der Waals surface area contributed by atoms with Crippen LogP contribution in [0, 0.1) is 5.92 Å². The summed E-state index contributed by atoms with van der Waals surface area (Å²) in [4.78, 5) is 55.0. The number of ether oxygens (including phenoxy) is 1. The first-order valence-corrected chi connectivity index (χ1v) is 16.9. The quantitative estimate of drug-likeness (QED) is 0.350. The summed E-state index contributed by atoms with van der Waals surface area (Å²) in [5.74, 6) is -2.16. The van der Waals surface area contributed by atoms with E-state index >= 15 is 0 Å². The van der Waals surface area contributed by atoms with Gasteiger partial charge in [-0.05, 0) is 83.4 Å². The lowest BCUT2D eigenvalue weighted by Gasteiger charge is -2.30. The number of allylic oxidation sites excluding steroid dienone is 1. The van der Waals surface area contributed by atoms with E-state index in [1.165, 1.54) is 4.90 Å². The molecule has 1 saturated heterocycles. The fourth-order valence-corrected chi connectivity index (χ4v) is 6.67. The molecule has 0 spiro atoms. The Morgan fingerprint density at radius 1 is 1.07 bits per heavy atom. The van der Waals surface area contributed by atoms with Crippen molar-refractivity contribution in [3.63, 3.8) is 0 Å². The molecule has 1 saturated carbocycles. The first-order valence-electron chi connectivity index (χ1n) is 15.5. The second-order valence-corrected chi connectivity index (χ2v) is 14.2. The van der Waals surface area contributed by atoms with Crippen LogP contribution in [-0.2, 0) is 35.8 Å². The van der Waals surface area contributed by atoms with E-state index in [-0.39, 0.29) is 12.3 Å². The van der Waals surface area contributed by atoms with Crippen molar-refractivity contribution in [2.75, 3.05) is 11.3 Å². The van der Waals surface area contributed by atoms with Crippen LogP contribution < -0.4 is 20.1 Å². The van der Waals surface area contributed by atoms with E-state index in [4.69, 9.17) is 4.74 Å². The number of nitrogens with zero attached hydrogens (tertiary/aromatic N) is 1. The molecule has 1 aromatic rings. The number of fused-ring (bicyclic) bond motifs is 2. The largest absolute Gasteiger partial charge is 0.444 e. The number of aryl methyl sites for hydroxylation is 1. The van der Waals surface area contributed by atoms with E-state index in [0.29, 0.717) is 44.3 Å². The third-order valence-corrected chi connectivity index (χ3v) is 9.13. The molecule has 1 aliphatic carbocycles. The molecule has 0 aromatic heterocycles. The van der Waals surface area contributed by atoms with Crippen molar-refractivity contribution in [3.05, 3.63) is 42.0 Å². The molecule has 4 atom stereocenters. The van der Waals surface area contributed by atoms with Crippen LogP contribution in [-0.4, -0.2) is 66.9 Å². The Balaban J connectivity index is 1.52. The zero-order valence-corrected chi connectivity index (χ0v) is 26.8. The number of anilines is 1. The molecule has 1 unspecified atom stereocenters. The molecule has 242 valence electrons. The van der Waals surface area contributed by atoms with Gasteiger partial charge in [0.1, 0.15) is 23.2 Å². The van der Waals surface area contributed by atoms with Crippen molar-refractivity contribution < 1.29 is 32.3 Å². The van der Waals surface area contributed by atoms with Gasteiger partial charge in [-0.25, -0.2) is 9.52 Å². The Kier molecular flexibility index (Phi) is 10.3. The van der Waals surface area contributed by atoms with Gasteiger partial charge in [-0.3, -0.25) is 19.1 Å². The Hall–Kier alpha value is -3.61. The van der Waals surface area contributed by atoms with Gasteiger partial charge >= 0.3 is 16.3 Å². The molecule has 0 bridgehead atoms. The van der Waals surface area contributed by atoms with Crippen LogP contribution in [0.1, 0.15) is 84.6 Å². The van der Waals surface area contributed by atoms with Crippen LogP contribution in [0.15, 0.2) is 36.4 Å². The minimum atomic E-state index is -4.30. The van der Waals surface area contributed by atoms with Crippen molar-refractivity contribution in [1.82, 2.24) is 20.3 Å². The summed E-state index contributed by atoms with van der Waals surface area (Å²) >= 11 is 0. The smallest absolute Gasteiger partial charge is 0.408 e. The second-order valence-electron chi connectivity index (χ2n) is 12.8. The summed E-state index contributed by atoms with van der Waals surface area (Å²) in [5.41, 5.74) is -0.880. The van der Waals surface area contributed by atoms with Crippen molar-refractivity contribution >= 4 is 39.7 Å². The molecule has 44 heavy (non-hydrogen) atoms. The lowest BCUT2D eigenvalue weighted by atomic mass is 10.0. The van der Waals surface area contributed by atoms with Gasteiger partial charge in [0, 0.05) is 12.5 Å². The summed E-state index contributed by atoms with van der Waals surface area (Å²) in [5, 5.41) is 5.52. The van der Waals surface area contributed by atoms with E-state index in [0.717, 1.165) is 24.8 Å². The highest BCUT2D eigenvalue weighted by molar-refractivity contribution is 7.91. The lowest BCUT2D eigenvalue weighted by molar-refractivity contribution is -0.141.